The van der Waals surface area contributed by atoms with Crippen LogP contribution in [0.15, 0.2) is 46.7 Å². The van der Waals surface area contributed by atoms with E-state index in [-0.39, 0.29) is 17.2 Å². The molecule has 1 aromatic carbocycles. The van der Waals surface area contributed by atoms with Crippen LogP contribution in [-0.2, 0) is 14.3 Å². The molecule has 160 valence electrons. The lowest BCUT2D eigenvalue weighted by atomic mass is 10.2. The van der Waals surface area contributed by atoms with E-state index in [0.29, 0.717) is 16.7 Å². The van der Waals surface area contributed by atoms with Gasteiger partial charge in [0.1, 0.15) is 16.3 Å². The van der Waals surface area contributed by atoms with E-state index >= 15 is 0 Å². The van der Waals surface area contributed by atoms with Crippen molar-refractivity contribution in [3.8, 4) is 10.4 Å². The maximum atomic E-state index is 13.1. The molecule has 0 atom stereocenters. The Morgan fingerprint density at radius 2 is 1.87 bits per heavy atom. The number of methoxy groups -OCH3 is 1. The molecule has 0 bridgehead atoms. The van der Waals surface area contributed by atoms with Crippen molar-refractivity contribution in [3.05, 3.63) is 52.4 Å². The number of hydrogen-bond donors (Lipinski definition) is 1. The Morgan fingerprint density at radius 1 is 1.23 bits per heavy atom. The highest BCUT2D eigenvalue weighted by atomic mass is 32.1. The minimum Gasteiger partial charge on any atom is -0.504 e. The second-order valence-corrected chi connectivity index (χ2v) is 6.61. The third kappa shape index (κ3) is 5.44. The summed E-state index contributed by atoms with van der Waals surface area (Å²) in [5, 5.41) is 9.39. The molecule has 0 aliphatic rings. The van der Waals surface area contributed by atoms with Crippen LogP contribution in [0.5, 0.6) is 0 Å². The number of aliphatic hydroxyl groups excluding tert-OH is 1. The monoisotopic (exact) mass is 445 g/mol. The van der Waals surface area contributed by atoms with Crippen LogP contribution in [0.1, 0.15) is 16.6 Å². The number of benzene rings is 1. The van der Waals surface area contributed by atoms with Crippen LogP contribution in [0, 0.1) is 5.82 Å². The fraction of sp³-hybridized carbons (Fsp3) is 0.211. The van der Waals surface area contributed by atoms with Crippen molar-refractivity contribution in [1.29, 1.82) is 0 Å². The van der Waals surface area contributed by atoms with Gasteiger partial charge in [0, 0.05) is 11.1 Å². The van der Waals surface area contributed by atoms with E-state index in [2.05, 4.69) is 14.5 Å². The number of carbonyl (C=O) groups excluding carboxylic acids is 2. The molecule has 0 fully saturated rings. The largest absolute Gasteiger partial charge is 0.504 e. The molecule has 0 aliphatic heterocycles. The van der Waals surface area contributed by atoms with Crippen LogP contribution in [-0.4, -0.2) is 43.2 Å². The molecular formula is C19H15F4NO5S. The number of rotatable bonds is 6. The maximum Gasteiger partial charge on any atom is 0.449 e. The van der Waals surface area contributed by atoms with E-state index in [1.54, 1.807) is 0 Å². The molecule has 6 nitrogen and oxygen atoms in total. The van der Waals surface area contributed by atoms with E-state index in [0.717, 1.165) is 18.4 Å². The molecule has 0 unspecified atom stereocenters. The normalized spacial score (nSPS) is 12.6. The molecule has 0 spiro atoms. The van der Waals surface area contributed by atoms with Gasteiger partial charge in [0.25, 0.3) is 0 Å². The Balaban J connectivity index is 2.55. The SMILES string of the molecule is CCOC(=O)C(C=Nc1cc(-c2ccc(F)cc2)sc1C(=O)OC)=C(O)C(F)(F)F. The molecule has 2 aromatic rings. The van der Waals surface area contributed by atoms with E-state index in [9.17, 15) is 32.3 Å². The lowest BCUT2D eigenvalue weighted by Gasteiger charge is -2.09. The second kappa shape index (κ2) is 9.53. The molecule has 30 heavy (non-hydrogen) atoms. The van der Waals surface area contributed by atoms with Crippen LogP contribution in [0.4, 0.5) is 23.2 Å². The van der Waals surface area contributed by atoms with Crippen molar-refractivity contribution in [2.75, 3.05) is 13.7 Å². The Labute approximate surface area is 172 Å². The number of alkyl halides is 3. The Hall–Kier alpha value is -3.21. The van der Waals surface area contributed by atoms with Gasteiger partial charge < -0.3 is 14.6 Å². The Kier molecular flexibility index (Phi) is 7.33. The fourth-order valence-corrected chi connectivity index (χ4v) is 3.21. The van der Waals surface area contributed by atoms with Gasteiger partial charge in [0.15, 0.2) is 0 Å². The van der Waals surface area contributed by atoms with Gasteiger partial charge in [0.2, 0.25) is 5.76 Å². The van der Waals surface area contributed by atoms with Crippen LogP contribution < -0.4 is 0 Å². The van der Waals surface area contributed by atoms with Gasteiger partial charge in [-0.2, -0.15) is 13.2 Å². The van der Waals surface area contributed by atoms with Gasteiger partial charge in [0.05, 0.1) is 19.4 Å². The molecule has 11 heteroatoms. The van der Waals surface area contributed by atoms with E-state index < -0.39 is 35.3 Å². The van der Waals surface area contributed by atoms with Gasteiger partial charge >= 0.3 is 18.1 Å². The fourth-order valence-electron chi connectivity index (χ4n) is 2.18. The topological polar surface area (TPSA) is 85.2 Å². The predicted octanol–water partition coefficient (Wildman–Crippen LogP) is 4.98. The number of carbonyl (C=O) groups is 2. The zero-order valence-corrected chi connectivity index (χ0v) is 16.4. The third-order valence-electron chi connectivity index (χ3n) is 3.56. The zero-order chi connectivity index (χ0) is 22.5. The minimum atomic E-state index is -5.22. The van der Waals surface area contributed by atoms with E-state index in [1.807, 2.05) is 0 Å². The summed E-state index contributed by atoms with van der Waals surface area (Å²) >= 11 is 0.908. The summed E-state index contributed by atoms with van der Waals surface area (Å²) in [5.41, 5.74) is -0.815. The highest BCUT2D eigenvalue weighted by Crippen LogP contribution is 2.37. The number of ether oxygens (including phenoxy) is 2. The summed E-state index contributed by atoms with van der Waals surface area (Å²) in [6.45, 7) is 1.14. The average molecular weight is 445 g/mol. The summed E-state index contributed by atoms with van der Waals surface area (Å²) in [6.07, 6.45) is -4.75. The van der Waals surface area contributed by atoms with E-state index in [1.165, 1.54) is 37.3 Å². The standard InChI is InChI=1S/C19H15F4NO5S/c1-3-29-17(26)12(16(25)19(21,22)23)9-24-13-8-14(30-15(13)18(27)28-2)10-4-6-11(20)7-5-10/h4-9,25H,3H2,1-2H3. The molecule has 2 rings (SSSR count). The summed E-state index contributed by atoms with van der Waals surface area (Å²) in [6, 6.07) is 6.62. The van der Waals surface area contributed by atoms with Crippen molar-refractivity contribution < 1.29 is 41.7 Å². The average Bonchev–Trinajstić information content (AvgIpc) is 3.11. The van der Waals surface area contributed by atoms with Crippen molar-refractivity contribution >= 4 is 35.2 Å². The lowest BCUT2D eigenvalue weighted by molar-refractivity contribution is -0.141. The molecule has 1 heterocycles. The molecule has 1 aromatic heterocycles. The molecule has 0 aliphatic carbocycles. The Bertz CT molecular complexity index is 993. The first-order valence-electron chi connectivity index (χ1n) is 8.28. The molecular weight excluding hydrogens is 430 g/mol. The number of hydrogen-bond acceptors (Lipinski definition) is 7. The first-order valence-corrected chi connectivity index (χ1v) is 9.09. The first-order chi connectivity index (χ1) is 14.1. The Morgan fingerprint density at radius 3 is 2.40 bits per heavy atom. The van der Waals surface area contributed by atoms with Crippen LogP contribution in [0.25, 0.3) is 10.4 Å². The molecule has 0 radical (unpaired) electrons. The van der Waals surface area contributed by atoms with Crippen LogP contribution >= 0.6 is 11.3 Å². The lowest BCUT2D eigenvalue weighted by Crippen LogP contribution is -2.20. The zero-order valence-electron chi connectivity index (χ0n) is 15.6. The number of aliphatic hydroxyl groups is 1. The number of esters is 2. The quantitative estimate of drug-likeness (QED) is 0.223. The molecule has 0 amide bonds. The number of halogens is 4. The smallest absolute Gasteiger partial charge is 0.449 e. The highest BCUT2D eigenvalue weighted by molar-refractivity contribution is 7.18. The molecule has 0 saturated heterocycles. The summed E-state index contributed by atoms with van der Waals surface area (Å²) in [4.78, 5) is 28.0. The van der Waals surface area contributed by atoms with Crippen molar-refractivity contribution in [3.63, 3.8) is 0 Å². The van der Waals surface area contributed by atoms with E-state index in [4.69, 9.17) is 0 Å². The summed E-state index contributed by atoms with van der Waals surface area (Å²) < 4.78 is 60.9. The van der Waals surface area contributed by atoms with Gasteiger partial charge in [-0.3, -0.25) is 4.99 Å². The first kappa shape index (κ1) is 23.1. The number of nitrogens with zero attached hydrogens (tertiary/aromatic N) is 1. The van der Waals surface area contributed by atoms with Gasteiger partial charge in [-0.05, 0) is 30.7 Å². The van der Waals surface area contributed by atoms with Crippen LogP contribution in [0.3, 0.4) is 0 Å². The number of thiophene rings is 1. The molecule has 0 saturated carbocycles. The van der Waals surface area contributed by atoms with Gasteiger partial charge in [-0.25, -0.2) is 14.0 Å². The molecule has 1 N–H and O–H groups in total. The van der Waals surface area contributed by atoms with Gasteiger partial charge in [-0.15, -0.1) is 11.3 Å². The number of aliphatic imine (C=N–C) groups is 1. The van der Waals surface area contributed by atoms with Crippen molar-refractivity contribution in [2.45, 2.75) is 13.1 Å². The minimum absolute atomic E-state index is 0.0669. The van der Waals surface area contributed by atoms with Crippen LogP contribution in [0.2, 0.25) is 0 Å². The maximum absolute atomic E-state index is 13.1. The third-order valence-corrected chi connectivity index (χ3v) is 4.72. The second-order valence-electron chi connectivity index (χ2n) is 5.56. The summed E-state index contributed by atoms with van der Waals surface area (Å²) in [5.74, 6) is -4.92. The summed E-state index contributed by atoms with van der Waals surface area (Å²) in [7, 11) is 1.10. The van der Waals surface area contributed by atoms with Crippen molar-refractivity contribution in [2.24, 2.45) is 4.99 Å². The number of allylic oxidation sites excluding steroid dienone is 1. The highest BCUT2D eigenvalue weighted by Gasteiger charge is 2.38. The van der Waals surface area contributed by atoms with Crippen molar-refractivity contribution in [1.82, 2.24) is 0 Å². The predicted molar refractivity (Wildman–Crippen MR) is 102 cm³/mol. The van der Waals surface area contributed by atoms with Gasteiger partial charge in [-0.1, -0.05) is 12.1 Å².